The summed E-state index contributed by atoms with van der Waals surface area (Å²) < 4.78 is 0. The smallest absolute Gasteiger partial charge is 0.139 e. The Kier molecular flexibility index (Phi) is 19.7. The molecule has 0 unspecified atom stereocenters. The van der Waals surface area contributed by atoms with E-state index >= 15 is 0 Å². The Labute approximate surface area is 203 Å². The van der Waals surface area contributed by atoms with Crippen LogP contribution in [0, 0.1) is 16.7 Å². The monoisotopic (exact) mass is 454 g/mol. The van der Waals surface area contributed by atoms with Crippen LogP contribution in [0.5, 0.6) is 0 Å². The first-order chi connectivity index (χ1) is 15.9. The number of allylic oxidation sites excluding steroid dienone is 5. The van der Waals surface area contributed by atoms with Gasteiger partial charge in [-0.05, 0) is 60.9 Å². The fraction of sp³-hybridized carbons (Fsp3) is 0.517. The van der Waals surface area contributed by atoms with Crippen molar-refractivity contribution >= 4 is 18.0 Å². The van der Waals surface area contributed by atoms with E-state index < -0.39 is 0 Å². The summed E-state index contributed by atoms with van der Waals surface area (Å²) in [5.74, 6) is 0. The SMILES string of the molecule is CC.CC1=CCCC=C1C(C)(C)C/C(C#N)=C/c1ccc(NCC=O)cc1.CCCC.CO. The molecule has 2 N–H and O–H groups in total. The van der Waals surface area contributed by atoms with Crippen LogP contribution in [-0.2, 0) is 4.79 Å². The topological polar surface area (TPSA) is 73.1 Å². The zero-order valence-electron chi connectivity index (χ0n) is 22.2. The fourth-order valence-electron chi connectivity index (χ4n) is 3.36. The van der Waals surface area contributed by atoms with Gasteiger partial charge in [0.25, 0.3) is 0 Å². The Hall–Kier alpha value is -2.64. The first kappa shape index (κ1) is 32.5. The van der Waals surface area contributed by atoms with Gasteiger partial charge in [-0.25, -0.2) is 0 Å². The Morgan fingerprint density at radius 3 is 2.09 bits per heavy atom. The van der Waals surface area contributed by atoms with Crippen LogP contribution < -0.4 is 5.32 Å². The van der Waals surface area contributed by atoms with Crippen LogP contribution in [0.3, 0.4) is 0 Å². The van der Waals surface area contributed by atoms with Crippen LogP contribution >= 0.6 is 0 Å². The minimum atomic E-state index is -0.0615. The van der Waals surface area contributed by atoms with Gasteiger partial charge in [0.1, 0.15) is 6.29 Å². The number of anilines is 1. The number of carbonyl (C=O) groups is 1. The number of hydrogen-bond donors (Lipinski definition) is 2. The summed E-state index contributed by atoms with van der Waals surface area (Å²) in [5, 5.41) is 19.6. The maximum Gasteiger partial charge on any atom is 0.139 e. The van der Waals surface area contributed by atoms with Gasteiger partial charge in [-0.1, -0.05) is 84.2 Å². The molecule has 0 aromatic heterocycles. The lowest BCUT2D eigenvalue weighted by molar-refractivity contribution is -0.106. The molecule has 0 atom stereocenters. The number of rotatable bonds is 8. The molecule has 4 heteroatoms. The number of nitriles is 1. The summed E-state index contributed by atoms with van der Waals surface area (Å²) >= 11 is 0. The number of unbranched alkanes of at least 4 members (excludes halogenated alkanes) is 1. The van der Waals surface area contributed by atoms with E-state index in [4.69, 9.17) is 5.11 Å². The summed E-state index contributed by atoms with van der Waals surface area (Å²) in [5.41, 5.74) is 5.30. The molecule has 1 aliphatic rings. The molecular weight excluding hydrogens is 408 g/mol. The highest BCUT2D eigenvalue weighted by Crippen LogP contribution is 2.39. The molecule has 33 heavy (non-hydrogen) atoms. The van der Waals surface area contributed by atoms with E-state index in [1.54, 1.807) is 0 Å². The van der Waals surface area contributed by atoms with Crippen LogP contribution in [0.1, 0.15) is 86.1 Å². The number of aliphatic hydroxyl groups excluding tert-OH is 1. The summed E-state index contributed by atoms with van der Waals surface area (Å²) in [6, 6.07) is 10.1. The third-order valence-electron chi connectivity index (χ3n) is 5.04. The van der Waals surface area contributed by atoms with E-state index in [1.165, 1.54) is 24.0 Å². The van der Waals surface area contributed by atoms with Crippen molar-refractivity contribution in [3.8, 4) is 6.07 Å². The molecular formula is C29H46N2O2. The molecule has 0 aliphatic heterocycles. The predicted octanol–water partition coefficient (Wildman–Crippen LogP) is 7.73. The number of hydrogen-bond acceptors (Lipinski definition) is 4. The quantitative estimate of drug-likeness (QED) is 0.311. The lowest BCUT2D eigenvalue weighted by atomic mass is 9.74. The van der Waals surface area contributed by atoms with E-state index in [0.29, 0.717) is 13.0 Å². The van der Waals surface area contributed by atoms with E-state index in [2.05, 4.69) is 58.2 Å². The standard InChI is InChI=1S/C22H26N2O.C4H10.C2H6.CH4O/c1-17-6-4-5-7-21(17)22(2,3)15-19(16-23)14-18-8-10-20(11-9-18)24-12-13-25;1-3-4-2;2*1-2/h6-11,13-14,24H,4-5,12,15H2,1-3H3;3-4H2,1-2H3;1-2H3;2H,1H3/b19-14-;;;. The molecule has 0 saturated carbocycles. The van der Waals surface area contributed by atoms with E-state index in [-0.39, 0.29) is 5.41 Å². The second-order valence-corrected chi connectivity index (χ2v) is 8.09. The van der Waals surface area contributed by atoms with Crippen molar-refractivity contribution in [2.75, 3.05) is 19.0 Å². The van der Waals surface area contributed by atoms with Gasteiger partial charge in [-0.3, -0.25) is 0 Å². The van der Waals surface area contributed by atoms with Crippen molar-refractivity contribution in [3.63, 3.8) is 0 Å². The van der Waals surface area contributed by atoms with E-state index in [0.717, 1.165) is 43.1 Å². The number of benzene rings is 1. The number of aldehydes is 1. The Morgan fingerprint density at radius 1 is 1.09 bits per heavy atom. The normalized spacial score (nSPS) is 12.7. The molecule has 0 spiro atoms. The largest absolute Gasteiger partial charge is 0.400 e. The van der Waals surface area contributed by atoms with E-state index in [9.17, 15) is 10.1 Å². The van der Waals surface area contributed by atoms with Gasteiger partial charge in [0.2, 0.25) is 0 Å². The average Bonchev–Trinajstić information content (AvgIpc) is 2.85. The van der Waals surface area contributed by atoms with Crippen molar-refractivity contribution in [2.24, 2.45) is 5.41 Å². The van der Waals surface area contributed by atoms with Gasteiger partial charge in [0.15, 0.2) is 0 Å². The zero-order chi connectivity index (χ0) is 25.7. The van der Waals surface area contributed by atoms with Crippen molar-refractivity contribution in [2.45, 2.75) is 80.6 Å². The summed E-state index contributed by atoms with van der Waals surface area (Å²) in [6.45, 7) is 15.2. The van der Waals surface area contributed by atoms with E-state index in [1.807, 2.05) is 44.2 Å². The van der Waals surface area contributed by atoms with Gasteiger partial charge in [0, 0.05) is 18.4 Å². The predicted molar refractivity (Wildman–Crippen MR) is 144 cm³/mol. The molecule has 2 rings (SSSR count). The van der Waals surface area contributed by atoms with Crippen LogP contribution in [-0.4, -0.2) is 25.0 Å². The molecule has 1 aromatic carbocycles. The maximum absolute atomic E-state index is 10.4. The average molecular weight is 455 g/mol. The lowest BCUT2D eigenvalue weighted by Crippen LogP contribution is -2.18. The molecule has 184 valence electrons. The number of aliphatic hydroxyl groups is 1. The van der Waals surface area contributed by atoms with Crippen LogP contribution in [0.2, 0.25) is 0 Å². The van der Waals surface area contributed by atoms with Gasteiger partial charge < -0.3 is 15.2 Å². The first-order valence-corrected chi connectivity index (χ1v) is 12.1. The third kappa shape index (κ3) is 13.5. The van der Waals surface area contributed by atoms with Crippen molar-refractivity contribution < 1.29 is 9.90 Å². The third-order valence-corrected chi connectivity index (χ3v) is 5.04. The van der Waals surface area contributed by atoms with Crippen molar-refractivity contribution in [1.82, 2.24) is 0 Å². The minimum Gasteiger partial charge on any atom is -0.400 e. The van der Waals surface area contributed by atoms with Gasteiger partial charge in [0.05, 0.1) is 12.6 Å². The summed E-state index contributed by atoms with van der Waals surface area (Å²) in [4.78, 5) is 10.4. The van der Waals surface area contributed by atoms with Gasteiger partial charge >= 0.3 is 0 Å². The Balaban J connectivity index is 0. The molecule has 1 aromatic rings. The number of carbonyl (C=O) groups excluding carboxylic acids is 1. The highest BCUT2D eigenvalue weighted by Gasteiger charge is 2.26. The summed E-state index contributed by atoms with van der Waals surface area (Å²) in [7, 11) is 1.00. The van der Waals surface area contributed by atoms with Crippen molar-refractivity contribution in [3.05, 3.63) is 58.7 Å². The lowest BCUT2D eigenvalue weighted by Gasteiger charge is -2.30. The van der Waals surface area contributed by atoms with Crippen LogP contribution in [0.25, 0.3) is 6.08 Å². The molecule has 0 fully saturated rings. The molecule has 0 amide bonds. The van der Waals surface area contributed by atoms with Crippen LogP contribution in [0.4, 0.5) is 5.69 Å². The molecule has 0 saturated heterocycles. The highest BCUT2D eigenvalue weighted by molar-refractivity contribution is 5.63. The van der Waals surface area contributed by atoms with Crippen LogP contribution in [0.15, 0.2) is 53.1 Å². The first-order valence-electron chi connectivity index (χ1n) is 12.1. The highest BCUT2D eigenvalue weighted by atomic mass is 16.2. The molecule has 0 heterocycles. The number of nitrogens with one attached hydrogen (secondary N) is 1. The molecule has 0 radical (unpaired) electrons. The van der Waals surface area contributed by atoms with Gasteiger partial charge in [-0.2, -0.15) is 5.26 Å². The summed E-state index contributed by atoms with van der Waals surface area (Å²) in [6.07, 6.45) is 12.9. The Bertz CT molecular complexity index is 777. The maximum atomic E-state index is 10.4. The van der Waals surface area contributed by atoms with Gasteiger partial charge in [-0.15, -0.1) is 0 Å². The second kappa shape index (κ2) is 20.0. The molecule has 0 bridgehead atoms. The van der Waals surface area contributed by atoms with Crippen molar-refractivity contribution in [1.29, 1.82) is 5.26 Å². The fourth-order valence-corrected chi connectivity index (χ4v) is 3.36. The second-order valence-electron chi connectivity index (χ2n) is 8.09. The minimum absolute atomic E-state index is 0.0615. The molecule has 1 aliphatic carbocycles. The number of nitrogens with zero attached hydrogens (tertiary/aromatic N) is 1. The zero-order valence-corrected chi connectivity index (χ0v) is 22.2. The Morgan fingerprint density at radius 2 is 1.64 bits per heavy atom. The molecule has 4 nitrogen and oxygen atoms in total.